The van der Waals surface area contributed by atoms with Gasteiger partial charge in [-0.05, 0) is 18.2 Å². The number of aromatic hydroxyl groups is 1. The molecule has 4 rings (SSSR count). The van der Waals surface area contributed by atoms with Crippen LogP contribution in [0.1, 0.15) is 43.6 Å². The van der Waals surface area contributed by atoms with Gasteiger partial charge >= 0.3 is 29.8 Å². The average Bonchev–Trinajstić information content (AvgIpc) is 3.09. The predicted octanol–water partition coefficient (Wildman–Crippen LogP) is -0.610. The van der Waals surface area contributed by atoms with Crippen LogP contribution in [0.2, 0.25) is 0 Å². The van der Waals surface area contributed by atoms with E-state index < -0.39 is 122 Å². The van der Waals surface area contributed by atoms with Crippen LogP contribution < -0.4 is 9.47 Å². The van der Waals surface area contributed by atoms with E-state index in [-0.39, 0.29) is 17.1 Å². The summed E-state index contributed by atoms with van der Waals surface area (Å²) in [6, 6.07) is 9.73. The van der Waals surface area contributed by atoms with Gasteiger partial charge in [-0.3, -0.25) is 19.2 Å². The summed E-state index contributed by atoms with van der Waals surface area (Å²) in [4.78, 5) is 61.6. The number of phenols is 1. The lowest BCUT2D eigenvalue weighted by atomic mass is 9.98. The first kappa shape index (κ1) is 40.7. The number of phenolic OH excluding ortho intramolecular Hbond substituents is 1. The molecule has 2 aliphatic heterocycles. The van der Waals surface area contributed by atoms with Gasteiger partial charge in [0.05, 0.1) is 6.61 Å². The molecular weight excluding hydrogens is 712 g/mol. The van der Waals surface area contributed by atoms with Crippen LogP contribution in [0.25, 0.3) is 0 Å². The molecule has 0 saturated carbocycles. The van der Waals surface area contributed by atoms with E-state index in [2.05, 4.69) is 0 Å². The lowest BCUT2D eigenvalue weighted by molar-refractivity contribution is -0.288. The molecule has 5 N–H and O–H groups in total. The van der Waals surface area contributed by atoms with Crippen molar-refractivity contribution < 1.29 is 92.1 Å². The van der Waals surface area contributed by atoms with Crippen LogP contribution in [-0.2, 0) is 58.9 Å². The Morgan fingerprint density at radius 1 is 0.642 bits per heavy atom. The fourth-order valence-electron chi connectivity index (χ4n) is 5.48. The van der Waals surface area contributed by atoms with Crippen molar-refractivity contribution in [3.05, 3.63) is 53.6 Å². The van der Waals surface area contributed by atoms with Gasteiger partial charge in [-0.1, -0.05) is 24.3 Å². The van der Waals surface area contributed by atoms with Crippen molar-refractivity contribution in [2.75, 3.05) is 13.2 Å². The zero-order chi connectivity index (χ0) is 39.0. The van der Waals surface area contributed by atoms with Crippen LogP contribution in [0.4, 0.5) is 0 Å². The summed E-state index contributed by atoms with van der Waals surface area (Å²) in [6.45, 7) is 2.50. The lowest BCUT2D eigenvalue weighted by Gasteiger charge is -2.44. The quantitative estimate of drug-likeness (QED) is 0.126. The number of aliphatic hydroxyl groups is 4. The summed E-state index contributed by atoms with van der Waals surface area (Å²) in [5.41, 5.74) is -0.317. The molecule has 0 spiro atoms. The zero-order valence-corrected chi connectivity index (χ0v) is 28.9. The van der Waals surface area contributed by atoms with E-state index in [9.17, 15) is 49.5 Å². The number of esters is 5. The molecule has 290 valence electrons. The second-order valence-corrected chi connectivity index (χ2v) is 11.8. The Balaban J connectivity index is 1.60. The second-order valence-electron chi connectivity index (χ2n) is 11.8. The topological polar surface area (TPSA) is 270 Å². The number of benzene rings is 2. The van der Waals surface area contributed by atoms with E-state index >= 15 is 0 Å². The van der Waals surface area contributed by atoms with Crippen LogP contribution in [-0.4, -0.2) is 130 Å². The fourth-order valence-corrected chi connectivity index (χ4v) is 5.48. The number of rotatable bonds is 13. The minimum Gasteiger partial charge on any atom is -0.507 e. The highest BCUT2D eigenvalue weighted by Crippen LogP contribution is 2.35. The fraction of sp³-hybridized carbons (Fsp3) is 0.500. The highest BCUT2D eigenvalue weighted by molar-refractivity contribution is 5.95. The third-order valence-corrected chi connectivity index (χ3v) is 7.82. The van der Waals surface area contributed by atoms with Crippen molar-refractivity contribution in [1.29, 1.82) is 0 Å². The average molecular weight is 753 g/mol. The molecule has 2 fully saturated rings. The molecule has 2 aromatic carbocycles. The number of hydrogen-bond donors (Lipinski definition) is 5. The molecule has 2 aromatic rings. The number of aliphatic hydroxyl groups excluding tert-OH is 4. The van der Waals surface area contributed by atoms with Gasteiger partial charge < -0.3 is 68.2 Å². The minimum absolute atomic E-state index is 0.0240. The molecule has 0 radical (unpaired) electrons. The highest BCUT2D eigenvalue weighted by atomic mass is 16.7. The molecule has 0 amide bonds. The van der Waals surface area contributed by atoms with E-state index in [1.165, 1.54) is 24.3 Å². The molecule has 53 heavy (non-hydrogen) atoms. The highest BCUT2D eigenvalue weighted by Gasteiger charge is 2.53. The Labute approximate surface area is 301 Å². The first-order valence-corrected chi connectivity index (χ1v) is 16.1. The second kappa shape index (κ2) is 18.1. The Hall–Kier alpha value is -5.05. The van der Waals surface area contributed by atoms with Gasteiger partial charge in [-0.25, -0.2) is 4.79 Å². The van der Waals surface area contributed by atoms with Gasteiger partial charge in [0, 0.05) is 33.3 Å². The van der Waals surface area contributed by atoms with Crippen LogP contribution in [0, 0.1) is 0 Å². The van der Waals surface area contributed by atoms with E-state index in [1.54, 1.807) is 12.1 Å². The van der Waals surface area contributed by atoms with Gasteiger partial charge in [-0.15, -0.1) is 0 Å². The van der Waals surface area contributed by atoms with Crippen LogP contribution in [0.5, 0.6) is 17.2 Å². The molecule has 10 atom stereocenters. The van der Waals surface area contributed by atoms with Crippen LogP contribution in [0.3, 0.4) is 0 Å². The Bertz CT molecular complexity index is 1630. The molecule has 2 saturated heterocycles. The van der Waals surface area contributed by atoms with Gasteiger partial charge in [-0.2, -0.15) is 0 Å². The van der Waals surface area contributed by atoms with Crippen LogP contribution >= 0.6 is 0 Å². The van der Waals surface area contributed by atoms with Crippen molar-refractivity contribution >= 4 is 29.8 Å². The van der Waals surface area contributed by atoms with Crippen molar-refractivity contribution in [3.8, 4) is 17.2 Å². The molecule has 0 aliphatic carbocycles. The minimum atomic E-state index is -1.74. The number of carbonyl (C=O) groups is 5. The molecule has 2 heterocycles. The molecular formula is C34H40O19. The van der Waals surface area contributed by atoms with E-state index in [0.29, 0.717) is 0 Å². The maximum Gasteiger partial charge on any atom is 0.346 e. The van der Waals surface area contributed by atoms with Crippen molar-refractivity contribution in [2.24, 2.45) is 0 Å². The smallest absolute Gasteiger partial charge is 0.346 e. The first-order valence-electron chi connectivity index (χ1n) is 16.1. The van der Waals surface area contributed by atoms with E-state index in [0.717, 1.165) is 33.8 Å². The molecule has 2 aliphatic rings. The monoisotopic (exact) mass is 752 g/mol. The SMILES string of the molecule is CC(=O)OC[C@H]1O[C@@H](Oc2cccc(O)c2C(=O)OCc2ccccc2O[C@@H]2O[C@H](CO)[C@@H](O)[C@H](O)[C@H]2O)[C@H](OC(C)=O)[C@@H](OC(C)=O)[C@@H]1OC(C)=O. The first-order chi connectivity index (χ1) is 25.1. The van der Waals surface area contributed by atoms with Crippen molar-refractivity contribution in [1.82, 2.24) is 0 Å². The van der Waals surface area contributed by atoms with E-state index in [1.807, 2.05) is 0 Å². The Morgan fingerprint density at radius 3 is 1.87 bits per heavy atom. The summed E-state index contributed by atoms with van der Waals surface area (Å²) in [6.07, 6.45) is -15.6. The van der Waals surface area contributed by atoms with Gasteiger partial charge in [0.1, 0.15) is 66.5 Å². The summed E-state index contributed by atoms with van der Waals surface area (Å²) < 4.78 is 49.7. The normalized spacial score (nSPS) is 28.2. The molecule has 19 nitrogen and oxygen atoms in total. The van der Waals surface area contributed by atoms with Crippen molar-refractivity contribution in [2.45, 2.75) is 95.7 Å². The number of ether oxygens (including phenoxy) is 9. The zero-order valence-electron chi connectivity index (χ0n) is 28.9. The summed E-state index contributed by atoms with van der Waals surface area (Å²) >= 11 is 0. The maximum absolute atomic E-state index is 13.5. The number of para-hydroxylation sites is 1. The predicted molar refractivity (Wildman–Crippen MR) is 171 cm³/mol. The van der Waals surface area contributed by atoms with Gasteiger partial charge in [0.25, 0.3) is 0 Å². The Kier molecular flexibility index (Phi) is 13.9. The maximum atomic E-state index is 13.5. The van der Waals surface area contributed by atoms with Gasteiger partial charge in [0.2, 0.25) is 18.7 Å². The largest absolute Gasteiger partial charge is 0.507 e. The lowest BCUT2D eigenvalue weighted by Crippen LogP contribution is -2.63. The van der Waals surface area contributed by atoms with Crippen LogP contribution in [0.15, 0.2) is 42.5 Å². The summed E-state index contributed by atoms with van der Waals surface area (Å²) in [5.74, 6) is -5.48. The molecule has 19 heteroatoms. The summed E-state index contributed by atoms with van der Waals surface area (Å²) in [7, 11) is 0. The third-order valence-electron chi connectivity index (χ3n) is 7.82. The van der Waals surface area contributed by atoms with Gasteiger partial charge in [0.15, 0.2) is 12.2 Å². The van der Waals surface area contributed by atoms with Crippen molar-refractivity contribution in [3.63, 3.8) is 0 Å². The number of carbonyl (C=O) groups excluding carboxylic acids is 5. The number of hydrogen-bond acceptors (Lipinski definition) is 19. The summed E-state index contributed by atoms with van der Waals surface area (Å²) in [5, 5.41) is 50.9. The molecule has 0 aromatic heterocycles. The molecule has 0 unspecified atom stereocenters. The van der Waals surface area contributed by atoms with E-state index in [4.69, 9.17) is 42.6 Å². The molecule has 0 bridgehead atoms. The standard InChI is InChI=1S/C34H40O19/c1-15(36)45-14-24-29(47-16(2)37)30(48-17(3)38)31(49-18(4)39)34(53-24)51-22-11-7-9-20(40)25(22)32(44)46-13-19-8-5-6-10-21(19)50-33-28(43)27(42)26(41)23(12-35)52-33/h5-11,23-24,26-31,33-35,40-43H,12-14H2,1-4H3/t23-,24-,26-,27+,28-,29-,30+,31-,33-,34-/m1/s1. The Morgan fingerprint density at radius 2 is 1.23 bits per heavy atom. The third kappa shape index (κ3) is 10.3.